The van der Waals surface area contributed by atoms with Crippen molar-refractivity contribution < 1.29 is 9.53 Å². The zero-order chi connectivity index (χ0) is 18.4. The number of methoxy groups -OCH3 is 1. The molecule has 0 bridgehead atoms. The number of benzene rings is 2. The van der Waals surface area contributed by atoms with E-state index in [1.807, 2.05) is 42.6 Å². The van der Waals surface area contributed by atoms with Gasteiger partial charge in [0, 0.05) is 24.4 Å². The Hall–Kier alpha value is -2.68. The summed E-state index contributed by atoms with van der Waals surface area (Å²) in [4.78, 5) is 17.1. The van der Waals surface area contributed by atoms with Gasteiger partial charge in [-0.2, -0.15) is 0 Å². The fraction of sp³-hybridized carbons (Fsp3) is 0.304. The molecule has 3 nitrogen and oxygen atoms in total. The normalized spacial score (nSPS) is 10.8. The van der Waals surface area contributed by atoms with Gasteiger partial charge in [-0.1, -0.05) is 50.1 Å². The van der Waals surface area contributed by atoms with Crippen LogP contribution in [0.5, 0.6) is 5.75 Å². The van der Waals surface area contributed by atoms with E-state index in [0.29, 0.717) is 12.8 Å². The van der Waals surface area contributed by atoms with Gasteiger partial charge in [0.05, 0.1) is 12.6 Å². The average Bonchev–Trinajstić information content (AvgIpc) is 2.68. The van der Waals surface area contributed by atoms with Gasteiger partial charge < -0.3 is 4.74 Å². The molecule has 1 aromatic heterocycles. The Balaban J connectivity index is 2.06. The number of aromatic nitrogens is 1. The zero-order valence-corrected chi connectivity index (χ0v) is 15.5. The van der Waals surface area contributed by atoms with Crippen LogP contribution in [0.25, 0.3) is 22.0 Å². The van der Waals surface area contributed by atoms with Gasteiger partial charge in [-0.15, -0.1) is 0 Å². The molecule has 0 unspecified atom stereocenters. The summed E-state index contributed by atoms with van der Waals surface area (Å²) in [6, 6.07) is 16.1. The second kappa shape index (κ2) is 8.61. The Bertz CT molecular complexity index is 887. The number of hydrogen-bond acceptors (Lipinski definition) is 3. The lowest BCUT2D eigenvalue weighted by Gasteiger charge is -2.14. The molecule has 1 heterocycles. The van der Waals surface area contributed by atoms with Crippen LogP contribution < -0.4 is 4.74 Å². The van der Waals surface area contributed by atoms with Gasteiger partial charge in [0.25, 0.3) is 0 Å². The third-order valence-corrected chi connectivity index (χ3v) is 4.66. The summed E-state index contributed by atoms with van der Waals surface area (Å²) in [6.45, 7) is 2.15. The lowest BCUT2D eigenvalue weighted by atomic mass is 9.93. The summed E-state index contributed by atoms with van der Waals surface area (Å²) in [5.74, 6) is 1.07. The summed E-state index contributed by atoms with van der Waals surface area (Å²) in [5.41, 5.74) is 4.08. The molecular formula is C23H25NO2. The molecule has 0 saturated heterocycles. The molecule has 0 spiro atoms. The van der Waals surface area contributed by atoms with Gasteiger partial charge in [-0.3, -0.25) is 9.78 Å². The third-order valence-electron chi connectivity index (χ3n) is 4.66. The number of ether oxygens (including phenoxy) is 1. The predicted octanol–water partition coefficient (Wildman–Crippen LogP) is 5.60. The van der Waals surface area contributed by atoms with Crippen LogP contribution >= 0.6 is 0 Å². The van der Waals surface area contributed by atoms with Crippen molar-refractivity contribution in [1.82, 2.24) is 4.98 Å². The second-order valence-electron chi connectivity index (χ2n) is 6.58. The highest BCUT2D eigenvalue weighted by Gasteiger charge is 2.14. The molecule has 0 aliphatic heterocycles. The molecule has 0 radical (unpaired) electrons. The van der Waals surface area contributed by atoms with Crippen LogP contribution in [0.15, 0.2) is 54.7 Å². The summed E-state index contributed by atoms with van der Waals surface area (Å²) < 4.78 is 5.40. The molecule has 26 heavy (non-hydrogen) atoms. The monoisotopic (exact) mass is 347 g/mol. The maximum Gasteiger partial charge on any atom is 0.137 e. The number of hydrogen-bond donors (Lipinski definition) is 0. The van der Waals surface area contributed by atoms with E-state index in [2.05, 4.69) is 24.0 Å². The molecule has 3 heteroatoms. The molecule has 0 aliphatic rings. The average molecular weight is 347 g/mol. The van der Waals surface area contributed by atoms with Crippen molar-refractivity contribution in [2.75, 3.05) is 7.11 Å². The standard InChI is InChI=1S/C23H25NO2/c1-3-4-6-11-19(25)14-18-16-24-22-13-12-20(26-2)15-21(22)23(18)17-9-7-5-8-10-17/h5,7-10,12-13,15-16H,3-4,6,11,14H2,1-2H3. The number of carbonyl (C=O) groups excluding carboxylic acids is 1. The van der Waals surface area contributed by atoms with E-state index < -0.39 is 0 Å². The first-order chi connectivity index (χ1) is 12.7. The lowest BCUT2D eigenvalue weighted by molar-refractivity contribution is -0.118. The minimum atomic E-state index is 0.277. The fourth-order valence-electron chi connectivity index (χ4n) is 3.29. The quantitative estimate of drug-likeness (QED) is 0.498. The van der Waals surface area contributed by atoms with Crippen molar-refractivity contribution in [3.63, 3.8) is 0 Å². The second-order valence-corrected chi connectivity index (χ2v) is 6.58. The predicted molar refractivity (Wildman–Crippen MR) is 107 cm³/mol. The van der Waals surface area contributed by atoms with Crippen molar-refractivity contribution in [1.29, 1.82) is 0 Å². The molecule has 3 rings (SSSR count). The number of ketones is 1. The maximum absolute atomic E-state index is 12.5. The Kier molecular flexibility index (Phi) is 6.00. The highest BCUT2D eigenvalue weighted by Crippen LogP contribution is 2.33. The smallest absolute Gasteiger partial charge is 0.137 e. The van der Waals surface area contributed by atoms with Gasteiger partial charge in [0.2, 0.25) is 0 Å². The van der Waals surface area contributed by atoms with Crippen LogP contribution in [0.2, 0.25) is 0 Å². The number of pyridine rings is 1. The summed E-state index contributed by atoms with van der Waals surface area (Å²) in [6.07, 6.45) is 6.11. The van der Waals surface area contributed by atoms with Crippen molar-refractivity contribution in [3.05, 3.63) is 60.3 Å². The first kappa shape index (κ1) is 18.1. The Morgan fingerprint density at radius 1 is 1.08 bits per heavy atom. The van der Waals surface area contributed by atoms with E-state index in [1.54, 1.807) is 7.11 Å². The van der Waals surface area contributed by atoms with E-state index in [-0.39, 0.29) is 5.78 Å². The summed E-state index contributed by atoms with van der Waals surface area (Å²) in [5, 5.41) is 1.02. The van der Waals surface area contributed by atoms with Gasteiger partial charge >= 0.3 is 0 Å². The molecule has 3 aromatic rings. The first-order valence-electron chi connectivity index (χ1n) is 9.25. The largest absolute Gasteiger partial charge is 0.497 e. The van der Waals surface area contributed by atoms with Crippen molar-refractivity contribution in [2.24, 2.45) is 0 Å². The Morgan fingerprint density at radius 2 is 1.88 bits per heavy atom. The van der Waals surface area contributed by atoms with Crippen molar-refractivity contribution >= 4 is 16.7 Å². The van der Waals surface area contributed by atoms with Crippen LogP contribution in [0.3, 0.4) is 0 Å². The highest BCUT2D eigenvalue weighted by atomic mass is 16.5. The van der Waals surface area contributed by atoms with Crippen molar-refractivity contribution in [3.8, 4) is 16.9 Å². The van der Waals surface area contributed by atoms with E-state index in [0.717, 1.165) is 52.6 Å². The molecule has 0 saturated carbocycles. The Labute approximate surface area is 155 Å². The van der Waals surface area contributed by atoms with E-state index in [9.17, 15) is 4.79 Å². The number of carbonyl (C=O) groups is 1. The van der Waals surface area contributed by atoms with Crippen LogP contribution in [0.1, 0.15) is 38.2 Å². The van der Waals surface area contributed by atoms with Gasteiger partial charge in [0.1, 0.15) is 11.5 Å². The zero-order valence-electron chi connectivity index (χ0n) is 15.5. The molecular weight excluding hydrogens is 322 g/mol. The van der Waals surface area contributed by atoms with Crippen LogP contribution in [0.4, 0.5) is 0 Å². The highest BCUT2D eigenvalue weighted by molar-refractivity contribution is 5.98. The molecule has 0 N–H and O–H groups in total. The van der Waals surface area contributed by atoms with Crippen LogP contribution in [-0.2, 0) is 11.2 Å². The third kappa shape index (κ3) is 4.10. The van der Waals surface area contributed by atoms with Crippen LogP contribution in [0, 0.1) is 0 Å². The first-order valence-corrected chi connectivity index (χ1v) is 9.25. The number of nitrogens with zero attached hydrogens (tertiary/aromatic N) is 1. The van der Waals surface area contributed by atoms with E-state index in [1.165, 1.54) is 0 Å². The molecule has 134 valence electrons. The molecule has 0 atom stereocenters. The summed E-state index contributed by atoms with van der Waals surface area (Å²) >= 11 is 0. The molecule has 0 amide bonds. The number of unbranched alkanes of at least 4 members (excludes halogenated alkanes) is 2. The van der Waals surface area contributed by atoms with E-state index in [4.69, 9.17) is 4.74 Å². The van der Waals surface area contributed by atoms with Crippen LogP contribution in [-0.4, -0.2) is 17.9 Å². The topological polar surface area (TPSA) is 39.2 Å². The van der Waals surface area contributed by atoms with Gasteiger partial charge in [-0.25, -0.2) is 0 Å². The van der Waals surface area contributed by atoms with Gasteiger partial charge in [0.15, 0.2) is 0 Å². The Morgan fingerprint density at radius 3 is 2.62 bits per heavy atom. The maximum atomic E-state index is 12.5. The fourth-order valence-corrected chi connectivity index (χ4v) is 3.29. The van der Waals surface area contributed by atoms with E-state index >= 15 is 0 Å². The van der Waals surface area contributed by atoms with Gasteiger partial charge in [-0.05, 0) is 41.3 Å². The number of rotatable bonds is 8. The molecule has 0 fully saturated rings. The number of Topliss-reactive ketones (excluding diaryl/α,β-unsaturated/α-hetero) is 1. The summed E-state index contributed by atoms with van der Waals surface area (Å²) in [7, 11) is 1.66. The molecule has 2 aromatic carbocycles. The number of fused-ring (bicyclic) bond motifs is 1. The lowest BCUT2D eigenvalue weighted by Crippen LogP contribution is -2.05. The molecule has 0 aliphatic carbocycles. The minimum Gasteiger partial charge on any atom is -0.497 e. The minimum absolute atomic E-state index is 0.277. The van der Waals surface area contributed by atoms with Crippen molar-refractivity contribution in [2.45, 2.75) is 39.0 Å². The SMILES string of the molecule is CCCCCC(=O)Cc1cnc2ccc(OC)cc2c1-c1ccccc1.